The molecular formula is C12H20O7Si. The van der Waals surface area contributed by atoms with Gasteiger partial charge in [-0.3, -0.25) is 14.4 Å². The monoisotopic (exact) mass is 304 g/mol. The minimum atomic E-state index is -3.69. The first-order chi connectivity index (χ1) is 9.22. The molecule has 0 saturated carbocycles. The Morgan fingerprint density at radius 2 is 1.50 bits per heavy atom. The summed E-state index contributed by atoms with van der Waals surface area (Å²) in [6.07, 6.45) is 0.919. The van der Waals surface area contributed by atoms with Crippen LogP contribution in [0.25, 0.3) is 0 Å². The van der Waals surface area contributed by atoms with Gasteiger partial charge in [0, 0.05) is 20.8 Å². The normalized spacial score (nSPS) is 18.9. The van der Waals surface area contributed by atoms with Crippen LogP contribution in [-0.4, -0.2) is 39.4 Å². The summed E-state index contributed by atoms with van der Waals surface area (Å²) in [5, 5.41) is 0. The number of rotatable bonds is 7. The third-order valence-electron chi connectivity index (χ3n) is 2.56. The summed E-state index contributed by atoms with van der Waals surface area (Å²) in [6.45, 7) is 6.16. The van der Waals surface area contributed by atoms with Crippen LogP contribution in [0.2, 0.25) is 6.04 Å². The van der Waals surface area contributed by atoms with Gasteiger partial charge in [-0.05, 0) is 12.3 Å². The van der Waals surface area contributed by atoms with Gasteiger partial charge < -0.3 is 18.0 Å². The highest BCUT2D eigenvalue weighted by atomic mass is 28.4. The van der Waals surface area contributed by atoms with E-state index < -0.39 is 26.7 Å². The predicted molar refractivity (Wildman–Crippen MR) is 69.4 cm³/mol. The Labute approximate surface area is 118 Å². The van der Waals surface area contributed by atoms with Gasteiger partial charge in [-0.2, -0.15) is 0 Å². The van der Waals surface area contributed by atoms with Crippen LogP contribution in [0.5, 0.6) is 0 Å². The van der Waals surface area contributed by atoms with Gasteiger partial charge in [-0.1, -0.05) is 6.92 Å². The summed E-state index contributed by atoms with van der Waals surface area (Å²) < 4.78 is 20.4. The van der Waals surface area contributed by atoms with E-state index in [-0.39, 0.29) is 18.1 Å². The van der Waals surface area contributed by atoms with E-state index in [1.165, 1.54) is 20.8 Å². The SMILES string of the molecule is CC(=O)O[Si](CC(C)CC1CO1)(OC(C)=O)OC(C)=O. The van der Waals surface area contributed by atoms with Crippen LogP contribution in [0.3, 0.4) is 0 Å². The first-order valence-corrected chi connectivity index (χ1v) is 8.36. The zero-order valence-electron chi connectivity index (χ0n) is 12.1. The molecule has 0 aromatic carbocycles. The van der Waals surface area contributed by atoms with Gasteiger partial charge >= 0.3 is 8.80 Å². The smallest absolute Gasteiger partial charge is 0.455 e. The Morgan fingerprint density at radius 3 is 1.80 bits per heavy atom. The molecule has 0 aromatic heterocycles. The maximum absolute atomic E-state index is 11.2. The van der Waals surface area contributed by atoms with Crippen molar-refractivity contribution in [3.05, 3.63) is 0 Å². The summed E-state index contributed by atoms with van der Waals surface area (Å²) in [6, 6.07) is 0.200. The van der Waals surface area contributed by atoms with Crippen LogP contribution in [0.4, 0.5) is 0 Å². The molecule has 0 aromatic rings. The molecule has 0 spiro atoms. The molecule has 7 nitrogen and oxygen atoms in total. The number of ether oxygens (including phenoxy) is 1. The molecule has 0 radical (unpaired) electrons. The van der Waals surface area contributed by atoms with Crippen molar-refractivity contribution in [1.82, 2.24) is 0 Å². The quantitative estimate of drug-likeness (QED) is 0.512. The molecule has 114 valence electrons. The standard InChI is InChI=1S/C12H20O7Si/c1-8(5-12-6-16-12)7-20(17-9(2)13,18-10(3)14)19-11(4)15/h8,12H,5-7H2,1-4H3. The Kier molecular flexibility index (Phi) is 5.70. The maximum atomic E-state index is 11.2. The first-order valence-electron chi connectivity index (χ1n) is 6.43. The molecule has 1 aliphatic rings. The minimum absolute atomic E-state index is 0.0345. The van der Waals surface area contributed by atoms with Crippen molar-refractivity contribution in [3.63, 3.8) is 0 Å². The first kappa shape index (κ1) is 16.6. The molecule has 8 heteroatoms. The molecular weight excluding hydrogens is 284 g/mol. The molecule has 1 rings (SSSR count). The molecule has 0 aliphatic carbocycles. The Hall–Kier alpha value is -1.41. The van der Waals surface area contributed by atoms with E-state index in [1.54, 1.807) is 0 Å². The van der Waals surface area contributed by atoms with Gasteiger partial charge in [0.25, 0.3) is 17.9 Å². The average Bonchev–Trinajstić information content (AvgIpc) is 2.96. The maximum Gasteiger partial charge on any atom is 0.705 e. The zero-order valence-corrected chi connectivity index (χ0v) is 13.1. The van der Waals surface area contributed by atoms with Gasteiger partial charge in [0.15, 0.2) is 0 Å². The van der Waals surface area contributed by atoms with Crippen molar-refractivity contribution in [2.45, 2.75) is 46.3 Å². The van der Waals surface area contributed by atoms with Crippen molar-refractivity contribution in [2.75, 3.05) is 6.61 Å². The predicted octanol–water partition coefficient (Wildman–Crippen LogP) is 1.04. The molecule has 1 saturated heterocycles. The molecule has 0 N–H and O–H groups in total. The van der Waals surface area contributed by atoms with Crippen LogP contribution in [-0.2, 0) is 32.4 Å². The van der Waals surface area contributed by atoms with E-state index in [2.05, 4.69) is 0 Å². The number of hydrogen-bond donors (Lipinski definition) is 0. The summed E-state index contributed by atoms with van der Waals surface area (Å²) in [5.41, 5.74) is 0. The van der Waals surface area contributed by atoms with Gasteiger partial charge in [0.1, 0.15) is 0 Å². The van der Waals surface area contributed by atoms with Crippen molar-refractivity contribution < 1.29 is 32.4 Å². The Bertz CT molecular complexity index is 350. The van der Waals surface area contributed by atoms with Gasteiger partial charge in [0.05, 0.1) is 18.8 Å². The highest BCUT2D eigenvalue weighted by Crippen LogP contribution is 2.28. The minimum Gasteiger partial charge on any atom is -0.455 e. The Balaban J connectivity index is 2.82. The lowest BCUT2D eigenvalue weighted by atomic mass is 10.1. The van der Waals surface area contributed by atoms with E-state index in [9.17, 15) is 14.4 Å². The van der Waals surface area contributed by atoms with Crippen LogP contribution in [0.1, 0.15) is 34.1 Å². The van der Waals surface area contributed by atoms with E-state index in [0.717, 1.165) is 6.42 Å². The lowest BCUT2D eigenvalue weighted by Crippen LogP contribution is -2.50. The molecule has 2 unspecified atom stereocenters. The van der Waals surface area contributed by atoms with E-state index in [4.69, 9.17) is 18.0 Å². The lowest BCUT2D eigenvalue weighted by Gasteiger charge is -2.28. The second-order valence-electron chi connectivity index (χ2n) is 4.96. The zero-order chi connectivity index (χ0) is 15.3. The van der Waals surface area contributed by atoms with Crippen molar-refractivity contribution in [3.8, 4) is 0 Å². The van der Waals surface area contributed by atoms with E-state index in [1.807, 2.05) is 6.92 Å². The molecule has 1 aliphatic heterocycles. The fourth-order valence-electron chi connectivity index (χ4n) is 2.01. The molecule has 0 bridgehead atoms. The summed E-state index contributed by atoms with van der Waals surface area (Å²) in [5.74, 6) is -1.90. The number of hydrogen-bond acceptors (Lipinski definition) is 7. The third kappa shape index (κ3) is 6.16. The van der Waals surface area contributed by atoms with Gasteiger partial charge in [-0.15, -0.1) is 0 Å². The fraction of sp³-hybridized carbons (Fsp3) is 0.750. The fourth-order valence-corrected chi connectivity index (χ4v) is 4.72. The van der Waals surface area contributed by atoms with Crippen molar-refractivity contribution in [1.29, 1.82) is 0 Å². The Morgan fingerprint density at radius 1 is 1.10 bits per heavy atom. The summed E-state index contributed by atoms with van der Waals surface area (Å²) >= 11 is 0. The number of carbonyl (C=O) groups is 3. The molecule has 0 amide bonds. The average molecular weight is 304 g/mol. The largest absolute Gasteiger partial charge is 0.705 e. The van der Waals surface area contributed by atoms with Crippen LogP contribution < -0.4 is 0 Å². The molecule has 2 atom stereocenters. The van der Waals surface area contributed by atoms with Crippen molar-refractivity contribution >= 4 is 26.7 Å². The summed E-state index contributed by atoms with van der Waals surface area (Å²) in [7, 11) is -3.69. The van der Waals surface area contributed by atoms with Crippen molar-refractivity contribution in [2.24, 2.45) is 5.92 Å². The van der Waals surface area contributed by atoms with Gasteiger partial charge in [-0.25, -0.2) is 0 Å². The second kappa shape index (κ2) is 6.85. The lowest BCUT2D eigenvalue weighted by molar-refractivity contribution is -0.147. The van der Waals surface area contributed by atoms with Gasteiger partial charge in [0.2, 0.25) is 0 Å². The van der Waals surface area contributed by atoms with E-state index in [0.29, 0.717) is 6.61 Å². The van der Waals surface area contributed by atoms with Crippen LogP contribution in [0.15, 0.2) is 0 Å². The van der Waals surface area contributed by atoms with E-state index >= 15 is 0 Å². The molecule has 1 fully saturated rings. The number of epoxide rings is 1. The highest BCUT2D eigenvalue weighted by molar-refractivity contribution is 6.65. The number of carbonyl (C=O) groups excluding carboxylic acids is 3. The topological polar surface area (TPSA) is 91.4 Å². The summed E-state index contributed by atoms with van der Waals surface area (Å²) in [4.78, 5) is 33.7. The van der Waals surface area contributed by atoms with Crippen LogP contribution >= 0.6 is 0 Å². The molecule has 20 heavy (non-hydrogen) atoms. The third-order valence-corrected chi connectivity index (χ3v) is 5.56. The van der Waals surface area contributed by atoms with Crippen LogP contribution in [0, 0.1) is 5.92 Å². The second-order valence-corrected chi connectivity index (χ2v) is 7.35. The molecule has 1 heterocycles. The highest BCUT2D eigenvalue weighted by Gasteiger charge is 2.53.